The van der Waals surface area contributed by atoms with Crippen LogP contribution < -0.4 is 9.47 Å². The van der Waals surface area contributed by atoms with E-state index < -0.39 is 80.5 Å². The molecule has 282 valence electrons. The van der Waals surface area contributed by atoms with E-state index in [1.165, 1.54) is 67.8 Å². The molecule has 3 aromatic carbocycles. The molecule has 0 unspecified atom stereocenters. The minimum absolute atomic E-state index is 0.00875. The summed E-state index contributed by atoms with van der Waals surface area (Å²) in [7, 11) is 1.41. The molecule has 51 heavy (non-hydrogen) atoms. The molecule has 1 atom stereocenters. The topological polar surface area (TPSA) is 71.1 Å². The Morgan fingerprint density at radius 1 is 0.627 bits per heavy atom. The van der Waals surface area contributed by atoms with E-state index in [0.717, 1.165) is 0 Å². The van der Waals surface area contributed by atoms with Gasteiger partial charge in [-0.15, -0.1) is 0 Å². The van der Waals surface area contributed by atoms with Gasteiger partial charge in [0, 0.05) is 20.1 Å². The molecule has 0 amide bonds. The van der Waals surface area contributed by atoms with Crippen LogP contribution in [0.1, 0.15) is 59.2 Å². The summed E-state index contributed by atoms with van der Waals surface area (Å²) >= 11 is 0. The summed E-state index contributed by atoms with van der Waals surface area (Å²) in [5, 5.41) is 0.883. The second kappa shape index (κ2) is 16.4. The molecule has 0 aliphatic rings. The second-order valence-electron chi connectivity index (χ2n) is 11.2. The van der Waals surface area contributed by atoms with Gasteiger partial charge < -0.3 is 18.9 Å². The molecule has 3 aromatic rings. The molecule has 3 rings (SSSR count). The van der Waals surface area contributed by atoms with Gasteiger partial charge in [-0.3, -0.25) is 0 Å². The predicted octanol–water partition coefficient (Wildman–Crippen LogP) is 9.98. The molecule has 0 spiro atoms. The van der Waals surface area contributed by atoms with Gasteiger partial charge >= 0.3 is 42.1 Å². The van der Waals surface area contributed by atoms with Gasteiger partial charge in [-0.05, 0) is 91.4 Å². The van der Waals surface area contributed by atoms with Crippen LogP contribution in [0.15, 0.2) is 60.7 Å². The van der Waals surface area contributed by atoms with Crippen molar-refractivity contribution < 1.29 is 81.2 Å². The van der Waals surface area contributed by atoms with E-state index in [9.17, 15) is 62.3 Å². The fraction of sp³-hybridized carbons (Fsp3) is 0.455. The Bertz CT molecular complexity index is 1620. The first kappa shape index (κ1) is 41.2. The maximum atomic E-state index is 13.6. The Labute approximate surface area is 282 Å². The first-order valence-corrected chi connectivity index (χ1v) is 15.1. The van der Waals surface area contributed by atoms with Crippen molar-refractivity contribution in [2.75, 3.05) is 20.3 Å². The maximum Gasteiger partial charge on any atom is 0.460 e. The van der Waals surface area contributed by atoms with Crippen molar-refractivity contribution >= 4 is 22.7 Å². The number of carbonyl (C=O) groups is 2. The van der Waals surface area contributed by atoms with Gasteiger partial charge in [0.15, 0.2) is 6.10 Å². The van der Waals surface area contributed by atoms with Crippen molar-refractivity contribution in [3.63, 3.8) is 0 Å². The van der Waals surface area contributed by atoms with Crippen molar-refractivity contribution in [3.8, 4) is 11.5 Å². The van der Waals surface area contributed by atoms with E-state index in [1.54, 1.807) is 0 Å². The molecular weight excluding hydrogens is 720 g/mol. The van der Waals surface area contributed by atoms with Crippen LogP contribution in [0.4, 0.5) is 52.7 Å². The van der Waals surface area contributed by atoms with Crippen molar-refractivity contribution in [1.82, 2.24) is 0 Å². The number of halogens is 12. The third-order valence-corrected chi connectivity index (χ3v) is 7.39. The lowest BCUT2D eigenvalue weighted by Crippen LogP contribution is -2.60. The smallest absolute Gasteiger partial charge is 0.460 e. The van der Waals surface area contributed by atoms with Crippen LogP contribution in [-0.2, 0) is 9.47 Å². The van der Waals surface area contributed by atoms with Gasteiger partial charge in [-0.1, -0.05) is 12.1 Å². The molecule has 0 radical (unpaired) electrons. The van der Waals surface area contributed by atoms with E-state index >= 15 is 0 Å². The van der Waals surface area contributed by atoms with Crippen LogP contribution in [0.2, 0.25) is 0 Å². The van der Waals surface area contributed by atoms with Crippen LogP contribution in [0, 0.1) is 0 Å². The van der Waals surface area contributed by atoms with E-state index in [4.69, 9.17) is 18.9 Å². The average molecular weight is 751 g/mol. The third-order valence-electron chi connectivity index (χ3n) is 7.39. The van der Waals surface area contributed by atoms with E-state index in [2.05, 4.69) is 0 Å². The molecule has 0 aliphatic heterocycles. The average Bonchev–Trinajstić information content (AvgIpc) is 3.04. The maximum absolute atomic E-state index is 13.6. The molecule has 0 heterocycles. The highest BCUT2D eigenvalue weighted by atomic mass is 19.4. The summed E-state index contributed by atoms with van der Waals surface area (Å²) in [6.07, 6.45) is -17.2. The molecule has 0 bridgehead atoms. The first-order chi connectivity index (χ1) is 23.6. The van der Waals surface area contributed by atoms with E-state index in [-0.39, 0.29) is 35.7 Å². The molecule has 6 nitrogen and oxygen atoms in total. The number of hydrogen-bond donors (Lipinski definition) is 0. The van der Waals surface area contributed by atoms with Crippen molar-refractivity contribution in [1.29, 1.82) is 0 Å². The Kier molecular flexibility index (Phi) is 13.3. The quantitative estimate of drug-likeness (QED) is 0.0592. The van der Waals surface area contributed by atoms with Crippen LogP contribution in [0.5, 0.6) is 11.5 Å². The molecule has 18 heteroatoms. The summed E-state index contributed by atoms with van der Waals surface area (Å²) in [5.41, 5.74) is -0.125. The molecule has 0 saturated heterocycles. The monoisotopic (exact) mass is 750 g/mol. The number of carbonyl (C=O) groups excluding carboxylic acids is 2. The number of benzene rings is 3. The zero-order valence-electron chi connectivity index (χ0n) is 26.5. The summed E-state index contributed by atoms with van der Waals surface area (Å²) in [5.74, 6) is -21.2. The van der Waals surface area contributed by atoms with Crippen LogP contribution in [0.25, 0.3) is 10.8 Å². The second-order valence-corrected chi connectivity index (χ2v) is 11.2. The lowest BCUT2D eigenvalue weighted by molar-refractivity contribution is -0.396. The number of methoxy groups -OCH3 is 1. The number of fused-ring (bicyclic) bond motifs is 1. The first-order valence-electron chi connectivity index (χ1n) is 15.1. The summed E-state index contributed by atoms with van der Waals surface area (Å²) in [6.45, 7) is -0.148. The molecule has 0 aliphatic carbocycles. The van der Waals surface area contributed by atoms with Crippen LogP contribution >= 0.6 is 0 Å². The minimum atomic E-state index is -6.95. The zero-order valence-corrected chi connectivity index (χ0v) is 26.5. The van der Waals surface area contributed by atoms with Gasteiger partial charge in [0.25, 0.3) is 0 Å². The summed E-state index contributed by atoms with van der Waals surface area (Å²) in [6, 6.07) is 13.2. The van der Waals surface area contributed by atoms with E-state index in [0.29, 0.717) is 17.2 Å². The Balaban J connectivity index is 1.53. The number of ether oxygens (including phenoxy) is 4. The fourth-order valence-corrected chi connectivity index (χ4v) is 4.53. The highest BCUT2D eigenvalue weighted by Crippen LogP contribution is 2.54. The molecule has 0 saturated carbocycles. The van der Waals surface area contributed by atoms with Crippen LogP contribution in [-0.4, -0.2) is 68.5 Å². The van der Waals surface area contributed by atoms with Crippen molar-refractivity contribution in [2.24, 2.45) is 0 Å². The number of hydrogen-bond acceptors (Lipinski definition) is 6. The molecular formula is C33H30F12O6. The fourth-order valence-electron chi connectivity index (χ4n) is 4.53. The summed E-state index contributed by atoms with van der Waals surface area (Å²) in [4.78, 5) is 25.1. The van der Waals surface area contributed by atoms with Crippen LogP contribution in [0.3, 0.4) is 0 Å². The largest absolute Gasteiger partial charge is 0.494 e. The molecule has 0 aromatic heterocycles. The highest BCUT2D eigenvalue weighted by Gasteiger charge is 2.81. The van der Waals surface area contributed by atoms with Gasteiger partial charge in [0.1, 0.15) is 11.5 Å². The Hall–Kier alpha value is -4.22. The Morgan fingerprint density at radius 3 is 1.80 bits per heavy atom. The number of alkyl halides is 12. The normalized spacial score (nSPS) is 13.6. The van der Waals surface area contributed by atoms with Gasteiger partial charge in [-0.25, -0.2) is 9.59 Å². The lowest BCUT2D eigenvalue weighted by atomic mass is 9.99. The molecule has 0 fully saturated rings. The number of rotatable bonds is 17. The third kappa shape index (κ3) is 10.4. The van der Waals surface area contributed by atoms with Crippen molar-refractivity contribution in [3.05, 3.63) is 71.8 Å². The highest BCUT2D eigenvalue weighted by molar-refractivity contribution is 5.96. The number of unbranched alkanes of at least 4 members (excludes halogenated alkanes) is 2. The SMILES string of the molecule is COCCCC[C@@H](OC(=O)c1ccc2cc(OC(=O)c3ccc(OCCCCC(F)(F)C(F)(F)C(F)(F)C(F)(F)F)cc3)ccc2c1)C(F)(F)F. The van der Waals surface area contributed by atoms with Gasteiger partial charge in [0.2, 0.25) is 0 Å². The van der Waals surface area contributed by atoms with Crippen molar-refractivity contribution in [2.45, 2.75) is 74.7 Å². The standard InChI is InChI=1S/C33H30F12O6/c1-48-16-4-2-6-26(30(36,37)38)51-28(47)23-8-7-22-19-25(14-11-21(22)18-23)50-27(46)20-9-12-24(13-10-20)49-17-5-3-15-29(34,35)31(39,40)32(41,42)33(43,44)45/h7-14,18-19,26H,2-6,15-17H2,1H3/t26-/m1/s1. The van der Waals surface area contributed by atoms with E-state index in [1.807, 2.05) is 0 Å². The minimum Gasteiger partial charge on any atom is -0.494 e. The number of esters is 2. The Morgan fingerprint density at radius 2 is 1.20 bits per heavy atom. The lowest BCUT2D eigenvalue weighted by Gasteiger charge is -2.33. The summed E-state index contributed by atoms with van der Waals surface area (Å²) < 4.78 is 177. The van der Waals surface area contributed by atoms with Gasteiger partial charge in [0.05, 0.1) is 17.7 Å². The molecule has 0 N–H and O–H groups in total. The predicted molar refractivity (Wildman–Crippen MR) is 157 cm³/mol. The van der Waals surface area contributed by atoms with Gasteiger partial charge in [-0.2, -0.15) is 52.7 Å². The zero-order chi connectivity index (χ0) is 38.3.